The highest BCUT2D eigenvalue weighted by Crippen LogP contribution is 2.30. The van der Waals surface area contributed by atoms with Crippen LogP contribution < -0.4 is 5.32 Å². The van der Waals surface area contributed by atoms with Gasteiger partial charge in [0.15, 0.2) is 12.6 Å². The van der Waals surface area contributed by atoms with E-state index in [0.717, 1.165) is 57.8 Å². The lowest BCUT2D eigenvalue weighted by Gasteiger charge is -2.46. The fourth-order valence-corrected chi connectivity index (χ4v) is 10.9. The molecule has 0 saturated carbocycles. The average Bonchev–Trinajstić information content (AvgIpc) is 3.59. The third kappa shape index (κ3) is 38.6. The molecule has 2 rings (SSSR count). The van der Waals surface area contributed by atoms with E-state index in [0.29, 0.717) is 12.8 Å². The molecule has 0 aromatic heterocycles. The maximum atomic E-state index is 13.3. The number of nitrogens with one attached hydrogen (secondary N) is 1. The van der Waals surface area contributed by atoms with Crippen molar-refractivity contribution in [1.82, 2.24) is 5.32 Å². The number of allylic oxidation sites excluding steroid dienone is 9. The summed E-state index contributed by atoms with van der Waals surface area (Å²) < 4.78 is 22.8. The number of hydrogen-bond donors (Lipinski definition) is 9. The highest BCUT2D eigenvalue weighted by Gasteiger charge is 2.51. The molecule has 12 unspecified atom stereocenters. The fourth-order valence-electron chi connectivity index (χ4n) is 10.9. The summed E-state index contributed by atoms with van der Waals surface area (Å²) in [6.45, 7) is 2.79. The first-order valence-corrected chi connectivity index (χ1v) is 34.0. The largest absolute Gasteiger partial charge is 0.394 e. The zero-order valence-electron chi connectivity index (χ0n) is 52.4. The van der Waals surface area contributed by atoms with Gasteiger partial charge in [0.25, 0.3) is 0 Å². The lowest BCUT2D eigenvalue weighted by atomic mass is 9.97. The summed E-state index contributed by atoms with van der Waals surface area (Å²) in [4.78, 5) is 13.3. The van der Waals surface area contributed by atoms with Gasteiger partial charge in [-0.15, -0.1) is 0 Å². The van der Waals surface area contributed by atoms with E-state index in [-0.39, 0.29) is 18.9 Å². The minimum Gasteiger partial charge on any atom is -0.394 e. The number of rotatable bonds is 55. The number of aliphatic hydroxyl groups is 8. The summed E-state index contributed by atoms with van der Waals surface area (Å²) in [6.07, 6.45) is 54.2. The number of hydrogen-bond acceptors (Lipinski definition) is 13. The highest BCUT2D eigenvalue weighted by molar-refractivity contribution is 5.76. The number of aliphatic hydroxyl groups excluding tert-OH is 8. The number of carbonyl (C=O) groups excluding carboxylic acids is 1. The normalized spacial score (nSPS) is 24.2. The summed E-state index contributed by atoms with van der Waals surface area (Å²) >= 11 is 0. The Labute approximate surface area is 505 Å². The minimum absolute atomic E-state index is 0.257. The molecule has 1 amide bonds. The molecule has 0 radical (unpaired) electrons. The van der Waals surface area contributed by atoms with Gasteiger partial charge in [0.2, 0.25) is 5.91 Å². The molecule has 14 heteroatoms. The third-order valence-corrected chi connectivity index (χ3v) is 16.4. The molecule has 2 aliphatic heterocycles. The van der Waals surface area contributed by atoms with Gasteiger partial charge in [-0.25, -0.2) is 0 Å². The van der Waals surface area contributed by atoms with E-state index >= 15 is 0 Å². The molecule has 14 nitrogen and oxygen atoms in total. The molecule has 2 fully saturated rings. The number of amides is 1. The summed E-state index contributed by atoms with van der Waals surface area (Å²) in [5.41, 5.74) is 0. The van der Waals surface area contributed by atoms with Gasteiger partial charge >= 0.3 is 0 Å². The first-order valence-electron chi connectivity index (χ1n) is 34.0. The molecule has 0 aliphatic carbocycles. The molecule has 484 valence electrons. The van der Waals surface area contributed by atoms with E-state index in [2.05, 4.69) is 67.8 Å². The zero-order valence-corrected chi connectivity index (χ0v) is 52.4. The Hall–Kier alpha value is -2.31. The lowest BCUT2D eigenvalue weighted by molar-refractivity contribution is -0.359. The van der Waals surface area contributed by atoms with E-state index in [1.807, 2.05) is 6.08 Å². The Morgan fingerprint density at radius 2 is 0.807 bits per heavy atom. The molecule has 0 aromatic rings. The van der Waals surface area contributed by atoms with Gasteiger partial charge < -0.3 is 65.1 Å². The van der Waals surface area contributed by atoms with Gasteiger partial charge in [0.1, 0.15) is 48.8 Å². The molecule has 12 atom stereocenters. The monoisotopic (exact) mass is 1180 g/mol. The summed E-state index contributed by atoms with van der Waals surface area (Å²) in [5, 5.41) is 87.3. The van der Waals surface area contributed by atoms with Crippen LogP contribution >= 0.6 is 0 Å². The van der Waals surface area contributed by atoms with E-state index in [9.17, 15) is 45.6 Å². The molecule has 83 heavy (non-hydrogen) atoms. The van der Waals surface area contributed by atoms with Crippen LogP contribution in [-0.2, 0) is 23.7 Å². The van der Waals surface area contributed by atoms with Crippen molar-refractivity contribution in [3.05, 3.63) is 60.8 Å². The first-order chi connectivity index (χ1) is 40.6. The maximum Gasteiger partial charge on any atom is 0.220 e. The first kappa shape index (κ1) is 76.8. The summed E-state index contributed by atoms with van der Waals surface area (Å²) in [5.74, 6) is -0.257. The van der Waals surface area contributed by atoms with Gasteiger partial charge in [-0.1, -0.05) is 254 Å². The standard InChI is InChI=1S/C69H125NO13/c1-3-5-7-9-11-13-15-17-19-21-23-25-26-27-28-29-30-31-33-34-36-38-40-42-44-46-48-50-52-58(73)57(56-80-68-66(79)64(77)67(60(55-72)82-68)83-69-65(78)63(76)62(75)59(54-71)81-69)70-61(74)53-51-49-47-45-43-41-39-37-35-32-24-22-20-18-16-14-12-10-8-6-4-2/h16,18,22,24,34,36,42,44,50,52,57-60,62-69,71-73,75-79H,3-15,17,19-21,23,25-33,35,37-41,43,45-49,51,53-56H2,1-2H3,(H,70,74)/b18-16-,24-22-,36-34+,44-42+,52-50+. The van der Waals surface area contributed by atoms with Crippen molar-refractivity contribution < 1.29 is 64.6 Å². The van der Waals surface area contributed by atoms with E-state index in [4.69, 9.17) is 18.9 Å². The van der Waals surface area contributed by atoms with Gasteiger partial charge in [-0.3, -0.25) is 4.79 Å². The topological polar surface area (TPSA) is 228 Å². The lowest BCUT2D eigenvalue weighted by Crippen LogP contribution is -2.65. The van der Waals surface area contributed by atoms with Crippen LogP contribution in [0.25, 0.3) is 0 Å². The molecule has 0 spiro atoms. The van der Waals surface area contributed by atoms with Crippen LogP contribution in [0.3, 0.4) is 0 Å². The second kappa shape index (κ2) is 53.9. The Kier molecular flexibility index (Phi) is 49.9. The number of unbranched alkanes of at least 4 members (excludes halogenated alkanes) is 34. The van der Waals surface area contributed by atoms with Crippen LogP contribution in [0.15, 0.2) is 60.8 Å². The van der Waals surface area contributed by atoms with E-state index in [1.165, 1.54) is 186 Å². The Bertz CT molecular complexity index is 1620. The molecule has 0 bridgehead atoms. The summed E-state index contributed by atoms with van der Waals surface area (Å²) in [6, 6.07) is -0.944. The van der Waals surface area contributed by atoms with Gasteiger partial charge in [0.05, 0.1) is 32.0 Å². The Balaban J connectivity index is 1.73. The third-order valence-electron chi connectivity index (χ3n) is 16.4. The van der Waals surface area contributed by atoms with E-state index in [1.54, 1.807) is 6.08 Å². The van der Waals surface area contributed by atoms with Gasteiger partial charge in [0, 0.05) is 6.42 Å². The van der Waals surface area contributed by atoms with Crippen LogP contribution in [-0.4, -0.2) is 140 Å². The molecule has 0 aromatic carbocycles. The van der Waals surface area contributed by atoms with Crippen LogP contribution in [0.5, 0.6) is 0 Å². The highest BCUT2D eigenvalue weighted by atomic mass is 16.7. The molecule has 2 heterocycles. The van der Waals surface area contributed by atoms with Crippen LogP contribution in [0.4, 0.5) is 0 Å². The van der Waals surface area contributed by atoms with Crippen LogP contribution in [0.1, 0.15) is 277 Å². The fraction of sp³-hybridized carbons (Fsp3) is 0.841. The smallest absolute Gasteiger partial charge is 0.220 e. The van der Waals surface area contributed by atoms with Crippen molar-refractivity contribution in [3.63, 3.8) is 0 Å². The summed E-state index contributed by atoms with van der Waals surface area (Å²) in [7, 11) is 0. The van der Waals surface area contributed by atoms with Crippen LogP contribution in [0, 0.1) is 0 Å². The number of ether oxygens (including phenoxy) is 4. The van der Waals surface area contributed by atoms with Gasteiger partial charge in [-0.2, -0.15) is 0 Å². The van der Waals surface area contributed by atoms with Crippen molar-refractivity contribution in [2.75, 3.05) is 19.8 Å². The van der Waals surface area contributed by atoms with Crippen molar-refractivity contribution >= 4 is 5.91 Å². The quantitative estimate of drug-likeness (QED) is 0.0204. The van der Waals surface area contributed by atoms with Crippen molar-refractivity contribution in [1.29, 1.82) is 0 Å². The molecule has 9 N–H and O–H groups in total. The minimum atomic E-state index is -1.80. The molecular formula is C69H125NO13. The second-order valence-electron chi connectivity index (χ2n) is 23.9. The molecular weight excluding hydrogens is 1050 g/mol. The molecule has 2 aliphatic rings. The maximum absolute atomic E-state index is 13.3. The average molecular weight is 1180 g/mol. The predicted molar refractivity (Wildman–Crippen MR) is 337 cm³/mol. The van der Waals surface area contributed by atoms with Crippen molar-refractivity contribution in [2.24, 2.45) is 0 Å². The Morgan fingerprint density at radius 3 is 1.25 bits per heavy atom. The predicted octanol–water partition coefficient (Wildman–Crippen LogP) is 13.3. The van der Waals surface area contributed by atoms with Gasteiger partial charge in [-0.05, 0) is 77.0 Å². The molecule has 2 saturated heterocycles. The number of carbonyl (C=O) groups is 1. The van der Waals surface area contributed by atoms with Crippen molar-refractivity contribution in [2.45, 2.75) is 351 Å². The zero-order chi connectivity index (χ0) is 60.2. The van der Waals surface area contributed by atoms with Crippen molar-refractivity contribution in [3.8, 4) is 0 Å². The van der Waals surface area contributed by atoms with E-state index < -0.39 is 86.8 Å². The Morgan fingerprint density at radius 1 is 0.434 bits per heavy atom. The van der Waals surface area contributed by atoms with Crippen LogP contribution in [0.2, 0.25) is 0 Å². The second-order valence-corrected chi connectivity index (χ2v) is 23.9. The SMILES string of the molecule is CCCCCCC/C=C\C/C=C\CCCCCCCCCCCC(=O)NC(COC1OC(CO)C(OC2OC(CO)C(O)C(O)C2O)C(O)C1O)C(O)/C=C/CC/C=C/CC/C=C/CCCCCCCCCCCCCCCCCCCC.